The van der Waals surface area contributed by atoms with Crippen LogP contribution in [0.3, 0.4) is 0 Å². The predicted molar refractivity (Wildman–Crippen MR) is 43.1 cm³/mol. The third-order valence-electron chi connectivity index (χ3n) is 1.30. The van der Waals surface area contributed by atoms with Gasteiger partial charge in [0.25, 0.3) is 0 Å². The topological polar surface area (TPSA) is 18.5 Å². The first-order valence-electron chi connectivity index (χ1n) is 3.92. The van der Waals surface area contributed by atoms with Gasteiger partial charge in [-0.25, -0.2) is 0 Å². The molecule has 0 N–H and O–H groups in total. The molecule has 0 spiro atoms. The lowest BCUT2D eigenvalue weighted by Crippen LogP contribution is -2.17. The summed E-state index contributed by atoms with van der Waals surface area (Å²) in [6, 6.07) is 6.53. The van der Waals surface area contributed by atoms with E-state index in [2.05, 4.69) is 10.8 Å². The molecule has 0 fully saturated rings. The van der Waals surface area contributed by atoms with Gasteiger partial charge in [0.05, 0.1) is 6.61 Å². The Labute approximate surface area is 79.2 Å². The highest BCUT2D eigenvalue weighted by molar-refractivity contribution is 5.38. The van der Waals surface area contributed by atoms with Gasteiger partial charge in [-0.05, 0) is 13.0 Å². The first-order chi connectivity index (χ1) is 6.53. The van der Waals surface area contributed by atoms with E-state index in [4.69, 9.17) is 4.74 Å². The minimum atomic E-state index is -4.71. The third kappa shape index (κ3) is 3.16. The molecule has 0 atom stereocenters. The highest BCUT2D eigenvalue weighted by Gasteiger charge is 2.32. The van der Waals surface area contributed by atoms with Gasteiger partial charge in [0.2, 0.25) is 0 Å². The van der Waals surface area contributed by atoms with E-state index in [-0.39, 0.29) is 18.1 Å². The van der Waals surface area contributed by atoms with Crippen LogP contribution in [0.1, 0.15) is 6.92 Å². The largest absolute Gasteiger partial charge is 0.573 e. The molecular formula is C9H8F3O2. The van der Waals surface area contributed by atoms with Crippen LogP contribution in [0.4, 0.5) is 13.2 Å². The van der Waals surface area contributed by atoms with Gasteiger partial charge in [-0.1, -0.05) is 12.1 Å². The maximum absolute atomic E-state index is 11.9. The molecule has 5 heteroatoms. The summed E-state index contributed by atoms with van der Waals surface area (Å²) in [5, 5.41) is 0. The smallest absolute Gasteiger partial charge is 0.489 e. The summed E-state index contributed by atoms with van der Waals surface area (Å²) >= 11 is 0. The first kappa shape index (κ1) is 10.7. The lowest BCUT2D eigenvalue weighted by Gasteiger charge is -2.12. The second-order valence-corrected chi connectivity index (χ2v) is 2.34. The minimum absolute atomic E-state index is 0.0349. The lowest BCUT2D eigenvalue weighted by atomic mass is 10.3. The van der Waals surface area contributed by atoms with Crippen molar-refractivity contribution < 1.29 is 22.6 Å². The maximum Gasteiger partial charge on any atom is 0.573 e. The lowest BCUT2D eigenvalue weighted by molar-refractivity contribution is -0.275. The van der Waals surface area contributed by atoms with E-state index < -0.39 is 6.36 Å². The number of rotatable bonds is 3. The standard InChI is InChI=1S/C9H8F3O2/c1-2-13-7-5-3-4-6-8(7)14-9(10,11)12/h3-4,6H,2H2,1H3. The van der Waals surface area contributed by atoms with Crippen molar-refractivity contribution in [3.63, 3.8) is 0 Å². The molecule has 14 heavy (non-hydrogen) atoms. The molecule has 0 aliphatic rings. The Balaban J connectivity index is 2.84. The molecule has 0 aliphatic heterocycles. The van der Waals surface area contributed by atoms with Crippen molar-refractivity contribution in [2.45, 2.75) is 13.3 Å². The number of ether oxygens (including phenoxy) is 2. The second kappa shape index (κ2) is 4.21. The fraction of sp³-hybridized carbons (Fsp3) is 0.333. The van der Waals surface area contributed by atoms with Gasteiger partial charge in [-0.3, -0.25) is 0 Å². The van der Waals surface area contributed by atoms with E-state index in [9.17, 15) is 13.2 Å². The maximum atomic E-state index is 11.9. The van der Waals surface area contributed by atoms with Gasteiger partial charge in [0.1, 0.15) is 0 Å². The second-order valence-electron chi connectivity index (χ2n) is 2.34. The fourth-order valence-corrected chi connectivity index (χ4v) is 0.868. The van der Waals surface area contributed by atoms with Crippen LogP contribution in [0.15, 0.2) is 18.2 Å². The molecule has 0 saturated carbocycles. The van der Waals surface area contributed by atoms with E-state index in [0.717, 1.165) is 0 Å². The molecule has 1 aromatic rings. The van der Waals surface area contributed by atoms with Crippen molar-refractivity contribution in [2.75, 3.05) is 6.61 Å². The number of halogens is 3. The molecule has 2 nitrogen and oxygen atoms in total. The number of alkyl halides is 3. The molecule has 1 radical (unpaired) electrons. The molecule has 1 rings (SSSR count). The van der Waals surface area contributed by atoms with Crippen LogP contribution < -0.4 is 9.47 Å². The molecule has 0 saturated heterocycles. The molecular weight excluding hydrogens is 197 g/mol. The molecule has 0 aliphatic carbocycles. The van der Waals surface area contributed by atoms with Crippen LogP contribution in [0.5, 0.6) is 11.5 Å². The van der Waals surface area contributed by atoms with Crippen molar-refractivity contribution in [3.8, 4) is 11.5 Å². The number of hydrogen-bond acceptors (Lipinski definition) is 2. The van der Waals surface area contributed by atoms with E-state index in [1.807, 2.05) is 0 Å². The molecule has 0 bridgehead atoms. The Hall–Kier alpha value is -1.39. The van der Waals surface area contributed by atoms with E-state index in [1.165, 1.54) is 18.2 Å². The van der Waals surface area contributed by atoms with Crippen LogP contribution in [0, 0.1) is 6.07 Å². The molecule has 77 valence electrons. The summed E-state index contributed by atoms with van der Waals surface area (Å²) in [5.41, 5.74) is 0. The normalized spacial score (nSPS) is 11.1. The van der Waals surface area contributed by atoms with E-state index >= 15 is 0 Å². The van der Waals surface area contributed by atoms with Crippen LogP contribution in [-0.4, -0.2) is 13.0 Å². The number of hydrogen-bond donors (Lipinski definition) is 0. The minimum Gasteiger partial charge on any atom is -0.489 e. The Bertz CT molecular complexity index is 296. The van der Waals surface area contributed by atoms with Gasteiger partial charge in [-0.15, -0.1) is 13.2 Å². The quantitative estimate of drug-likeness (QED) is 0.755. The Morgan fingerprint density at radius 1 is 1.43 bits per heavy atom. The number of benzene rings is 1. The zero-order valence-electron chi connectivity index (χ0n) is 7.39. The average molecular weight is 205 g/mol. The third-order valence-corrected chi connectivity index (χ3v) is 1.30. The summed E-state index contributed by atoms with van der Waals surface area (Å²) in [4.78, 5) is 0. The summed E-state index contributed by atoms with van der Waals surface area (Å²) in [6.07, 6.45) is -4.71. The highest BCUT2D eigenvalue weighted by Crippen LogP contribution is 2.31. The molecule has 1 aromatic carbocycles. The summed E-state index contributed by atoms with van der Waals surface area (Å²) in [7, 11) is 0. The van der Waals surface area contributed by atoms with Gasteiger partial charge in [-0.2, -0.15) is 0 Å². The molecule has 0 unspecified atom stereocenters. The van der Waals surface area contributed by atoms with Crippen molar-refractivity contribution in [3.05, 3.63) is 24.3 Å². The Kier molecular flexibility index (Phi) is 3.22. The van der Waals surface area contributed by atoms with Crippen LogP contribution >= 0.6 is 0 Å². The van der Waals surface area contributed by atoms with Crippen molar-refractivity contribution in [2.24, 2.45) is 0 Å². The zero-order chi connectivity index (χ0) is 10.6. The molecule has 0 heterocycles. The first-order valence-corrected chi connectivity index (χ1v) is 3.92. The van der Waals surface area contributed by atoms with E-state index in [0.29, 0.717) is 0 Å². The van der Waals surface area contributed by atoms with Crippen molar-refractivity contribution in [1.29, 1.82) is 0 Å². The van der Waals surface area contributed by atoms with Crippen LogP contribution in [-0.2, 0) is 0 Å². The summed E-state index contributed by atoms with van der Waals surface area (Å²) in [5.74, 6) is -0.408. The fourth-order valence-electron chi connectivity index (χ4n) is 0.868. The molecule has 0 amide bonds. The summed E-state index contributed by atoms with van der Waals surface area (Å²) in [6.45, 7) is 1.92. The monoisotopic (exact) mass is 205 g/mol. The van der Waals surface area contributed by atoms with Crippen LogP contribution in [0.25, 0.3) is 0 Å². The SMILES string of the molecule is CCOc1[c]cccc1OC(F)(F)F. The average Bonchev–Trinajstić information content (AvgIpc) is 2.06. The number of para-hydroxylation sites is 1. The highest BCUT2D eigenvalue weighted by atomic mass is 19.4. The van der Waals surface area contributed by atoms with Crippen molar-refractivity contribution in [1.82, 2.24) is 0 Å². The molecule has 0 aromatic heterocycles. The van der Waals surface area contributed by atoms with Gasteiger partial charge in [0, 0.05) is 6.07 Å². The Morgan fingerprint density at radius 2 is 2.14 bits per heavy atom. The van der Waals surface area contributed by atoms with Crippen molar-refractivity contribution >= 4 is 0 Å². The zero-order valence-corrected chi connectivity index (χ0v) is 7.39. The predicted octanol–water partition coefficient (Wildman–Crippen LogP) is 2.78. The van der Waals surface area contributed by atoms with Gasteiger partial charge < -0.3 is 9.47 Å². The van der Waals surface area contributed by atoms with E-state index in [1.54, 1.807) is 6.92 Å². The van der Waals surface area contributed by atoms with Gasteiger partial charge >= 0.3 is 6.36 Å². The summed E-state index contributed by atoms with van der Waals surface area (Å²) < 4.78 is 44.2. The Morgan fingerprint density at radius 3 is 2.71 bits per heavy atom. The van der Waals surface area contributed by atoms with Gasteiger partial charge in [0.15, 0.2) is 11.5 Å². The van der Waals surface area contributed by atoms with Crippen LogP contribution in [0.2, 0.25) is 0 Å².